The lowest BCUT2D eigenvalue weighted by Crippen LogP contribution is -2.32. The van der Waals surface area contributed by atoms with Crippen molar-refractivity contribution in [2.75, 3.05) is 19.6 Å². The van der Waals surface area contributed by atoms with Crippen molar-refractivity contribution >= 4 is 22.7 Å². The number of amides is 2. The van der Waals surface area contributed by atoms with E-state index in [1.54, 1.807) is 18.2 Å². The van der Waals surface area contributed by atoms with Gasteiger partial charge in [0.2, 0.25) is 11.3 Å². The monoisotopic (exact) mass is 405 g/mol. The fourth-order valence-electron chi connectivity index (χ4n) is 3.56. The molecule has 1 aromatic heterocycles. The number of nitrogens with zero attached hydrogens (tertiary/aromatic N) is 1. The second-order valence-corrected chi connectivity index (χ2v) is 7.25. The Kier molecular flexibility index (Phi) is 5.79. The number of hydrogen-bond donors (Lipinski definition) is 2. The Bertz CT molecular complexity index is 1120. The van der Waals surface area contributed by atoms with Gasteiger partial charge in [0.25, 0.3) is 5.91 Å². The lowest BCUT2D eigenvalue weighted by molar-refractivity contribution is -0.127. The third-order valence-electron chi connectivity index (χ3n) is 5.14. The van der Waals surface area contributed by atoms with Gasteiger partial charge in [-0.25, -0.2) is 0 Å². The van der Waals surface area contributed by atoms with Crippen LogP contribution in [-0.4, -0.2) is 41.3 Å². The Hall–Kier alpha value is -3.61. The van der Waals surface area contributed by atoms with Crippen molar-refractivity contribution in [3.05, 3.63) is 70.5 Å². The lowest BCUT2D eigenvalue weighted by Gasteiger charge is -2.15. The van der Waals surface area contributed by atoms with Crippen LogP contribution in [0.1, 0.15) is 29.6 Å². The number of aromatic amines is 1. The van der Waals surface area contributed by atoms with Gasteiger partial charge in [0.15, 0.2) is 0 Å². The molecule has 1 aliphatic rings. The van der Waals surface area contributed by atoms with E-state index in [-0.39, 0.29) is 16.9 Å². The van der Waals surface area contributed by atoms with Crippen LogP contribution in [0.2, 0.25) is 0 Å². The number of carbonyl (C=O) groups is 2. The summed E-state index contributed by atoms with van der Waals surface area (Å²) < 4.78 is 5.79. The number of carbonyl (C=O) groups excluding carboxylic acids is 2. The van der Waals surface area contributed by atoms with Crippen molar-refractivity contribution in [2.45, 2.75) is 19.3 Å². The van der Waals surface area contributed by atoms with Gasteiger partial charge in [-0.2, -0.15) is 0 Å². The zero-order chi connectivity index (χ0) is 20.9. The minimum Gasteiger partial charge on any atom is -0.457 e. The molecule has 0 bridgehead atoms. The van der Waals surface area contributed by atoms with Crippen LogP contribution in [0.4, 0.5) is 0 Å². The summed E-state index contributed by atoms with van der Waals surface area (Å²) in [5, 5.41) is 3.16. The molecule has 154 valence electrons. The predicted molar refractivity (Wildman–Crippen MR) is 114 cm³/mol. The van der Waals surface area contributed by atoms with E-state index in [4.69, 9.17) is 4.74 Å². The molecule has 1 aliphatic heterocycles. The van der Waals surface area contributed by atoms with E-state index in [1.807, 2.05) is 35.2 Å². The maximum absolute atomic E-state index is 12.9. The van der Waals surface area contributed by atoms with Gasteiger partial charge in [-0.3, -0.25) is 14.4 Å². The maximum atomic E-state index is 12.9. The standard InChI is InChI=1S/C23H23N3O4/c27-21-8-4-12-26(21)13-5-11-24-23(29)19-15-25-20-10-9-17(14-18(20)22(19)28)30-16-6-2-1-3-7-16/h1-3,6-7,9-10,14-15H,4-5,8,11-13H2,(H,24,29)(H,25,28). The predicted octanol–water partition coefficient (Wildman–Crippen LogP) is 3.06. The molecule has 0 radical (unpaired) electrons. The molecule has 0 spiro atoms. The van der Waals surface area contributed by atoms with Crippen LogP contribution in [-0.2, 0) is 4.79 Å². The summed E-state index contributed by atoms with van der Waals surface area (Å²) in [6, 6.07) is 14.4. The zero-order valence-corrected chi connectivity index (χ0v) is 16.5. The van der Waals surface area contributed by atoms with Gasteiger partial charge in [0.05, 0.1) is 0 Å². The number of H-pyrrole nitrogens is 1. The molecule has 7 nitrogen and oxygen atoms in total. The molecule has 0 saturated carbocycles. The third-order valence-corrected chi connectivity index (χ3v) is 5.14. The molecule has 30 heavy (non-hydrogen) atoms. The quantitative estimate of drug-likeness (QED) is 0.591. The number of fused-ring (bicyclic) bond motifs is 1. The molecular formula is C23H23N3O4. The highest BCUT2D eigenvalue weighted by Gasteiger charge is 2.19. The summed E-state index contributed by atoms with van der Waals surface area (Å²) in [5.74, 6) is 0.923. The number of hydrogen-bond acceptors (Lipinski definition) is 4. The smallest absolute Gasteiger partial charge is 0.256 e. The second kappa shape index (κ2) is 8.82. The van der Waals surface area contributed by atoms with E-state index in [0.717, 1.165) is 13.0 Å². The number of benzene rings is 2. The van der Waals surface area contributed by atoms with Crippen molar-refractivity contribution in [1.82, 2.24) is 15.2 Å². The number of nitrogens with one attached hydrogen (secondary N) is 2. The fourth-order valence-corrected chi connectivity index (χ4v) is 3.56. The largest absolute Gasteiger partial charge is 0.457 e. The molecule has 0 unspecified atom stereocenters. The summed E-state index contributed by atoms with van der Waals surface area (Å²) in [6.07, 6.45) is 3.59. The number of rotatable bonds is 7. The molecule has 3 aromatic rings. The molecule has 1 fully saturated rings. The van der Waals surface area contributed by atoms with E-state index in [2.05, 4.69) is 10.3 Å². The van der Waals surface area contributed by atoms with Gasteiger partial charge in [-0.15, -0.1) is 0 Å². The first kappa shape index (κ1) is 19.7. The Morgan fingerprint density at radius 2 is 1.93 bits per heavy atom. The van der Waals surface area contributed by atoms with Gasteiger partial charge in [-0.1, -0.05) is 18.2 Å². The van der Waals surface area contributed by atoms with Crippen LogP contribution in [0.25, 0.3) is 10.9 Å². The molecular weight excluding hydrogens is 382 g/mol. The van der Waals surface area contributed by atoms with E-state index in [0.29, 0.717) is 48.3 Å². The zero-order valence-electron chi connectivity index (χ0n) is 16.5. The highest BCUT2D eigenvalue weighted by molar-refractivity contribution is 5.97. The Labute approximate surface area is 173 Å². The van der Waals surface area contributed by atoms with Crippen LogP contribution in [0.5, 0.6) is 11.5 Å². The van der Waals surface area contributed by atoms with Gasteiger partial charge in [0.1, 0.15) is 17.1 Å². The number of pyridine rings is 1. The van der Waals surface area contributed by atoms with Crippen LogP contribution < -0.4 is 15.5 Å². The van der Waals surface area contributed by atoms with Gasteiger partial charge < -0.3 is 19.9 Å². The first-order valence-corrected chi connectivity index (χ1v) is 10.1. The SMILES string of the molecule is O=C(NCCCN1CCCC1=O)c1c[nH]c2ccc(Oc3ccccc3)cc2c1=O. The van der Waals surface area contributed by atoms with Crippen molar-refractivity contribution in [1.29, 1.82) is 0 Å². The first-order chi connectivity index (χ1) is 14.6. The summed E-state index contributed by atoms with van der Waals surface area (Å²) >= 11 is 0. The number of para-hydroxylation sites is 1. The summed E-state index contributed by atoms with van der Waals surface area (Å²) in [7, 11) is 0. The van der Waals surface area contributed by atoms with Crippen molar-refractivity contribution in [2.24, 2.45) is 0 Å². The minimum atomic E-state index is -0.430. The first-order valence-electron chi connectivity index (χ1n) is 10.1. The fraction of sp³-hybridized carbons (Fsp3) is 0.261. The molecule has 4 rings (SSSR count). The summed E-state index contributed by atoms with van der Waals surface area (Å²) in [5.41, 5.74) is 0.329. The Morgan fingerprint density at radius 3 is 2.70 bits per heavy atom. The van der Waals surface area contributed by atoms with Gasteiger partial charge in [0, 0.05) is 43.2 Å². The molecule has 1 saturated heterocycles. The minimum absolute atomic E-state index is 0.0524. The molecule has 0 aliphatic carbocycles. The van der Waals surface area contributed by atoms with Crippen molar-refractivity contribution in [3.8, 4) is 11.5 Å². The number of likely N-dealkylation sites (tertiary alicyclic amines) is 1. The average Bonchev–Trinajstić information content (AvgIpc) is 3.17. The van der Waals surface area contributed by atoms with Crippen molar-refractivity contribution in [3.63, 3.8) is 0 Å². The molecule has 2 amide bonds. The highest BCUT2D eigenvalue weighted by atomic mass is 16.5. The molecule has 7 heteroatoms. The summed E-state index contributed by atoms with van der Waals surface area (Å²) in [4.78, 5) is 41.8. The lowest BCUT2D eigenvalue weighted by atomic mass is 10.1. The maximum Gasteiger partial charge on any atom is 0.256 e. The highest BCUT2D eigenvalue weighted by Crippen LogP contribution is 2.23. The molecule has 2 N–H and O–H groups in total. The number of aromatic nitrogens is 1. The normalized spacial score (nSPS) is 13.6. The van der Waals surface area contributed by atoms with Gasteiger partial charge in [-0.05, 0) is 43.2 Å². The van der Waals surface area contributed by atoms with Crippen LogP contribution in [0, 0.1) is 0 Å². The molecule has 2 aromatic carbocycles. The van der Waals surface area contributed by atoms with Crippen LogP contribution in [0.15, 0.2) is 59.5 Å². The van der Waals surface area contributed by atoms with E-state index in [1.165, 1.54) is 6.20 Å². The topological polar surface area (TPSA) is 91.5 Å². The van der Waals surface area contributed by atoms with Crippen LogP contribution in [0.3, 0.4) is 0 Å². The molecule has 2 heterocycles. The third kappa shape index (κ3) is 4.35. The van der Waals surface area contributed by atoms with Crippen LogP contribution >= 0.6 is 0 Å². The summed E-state index contributed by atoms with van der Waals surface area (Å²) in [6.45, 7) is 1.80. The Balaban J connectivity index is 1.44. The van der Waals surface area contributed by atoms with E-state index in [9.17, 15) is 14.4 Å². The van der Waals surface area contributed by atoms with Gasteiger partial charge >= 0.3 is 0 Å². The Morgan fingerprint density at radius 1 is 1.10 bits per heavy atom. The number of ether oxygens (including phenoxy) is 1. The van der Waals surface area contributed by atoms with E-state index < -0.39 is 5.91 Å². The average molecular weight is 405 g/mol. The molecule has 0 atom stereocenters. The van der Waals surface area contributed by atoms with E-state index >= 15 is 0 Å². The van der Waals surface area contributed by atoms with Crippen molar-refractivity contribution < 1.29 is 14.3 Å². The second-order valence-electron chi connectivity index (χ2n) is 7.25.